The van der Waals surface area contributed by atoms with Crippen molar-refractivity contribution in [3.05, 3.63) is 23.2 Å². The lowest BCUT2D eigenvalue weighted by Crippen LogP contribution is -2.16. The number of ether oxygens (including phenoxy) is 1. The highest BCUT2D eigenvalue weighted by Crippen LogP contribution is 2.26. The summed E-state index contributed by atoms with van der Waals surface area (Å²) in [5, 5.41) is 0.258. The predicted octanol–water partition coefficient (Wildman–Crippen LogP) is 1.38. The van der Waals surface area contributed by atoms with Crippen LogP contribution >= 0.6 is 11.6 Å². The second kappa shape index (κ2) is 3.32. The number of hydrogen-bond acceptors (Lipinski definition) is 3. The molecule has 5 heteroatoms. The number of primary amides is 1. The van der Waals surface area contributed by atoms with Crippen molar-refractivity contribution in [2.24, 2.45) is 5.73 Å². The lowest BCUT2D eigenvalue weighted by Gasteiger charge is -2.02. The average Bonchev–Trinajstić information content (AvgIpc) is 1.94. The lowest BCUT2D eigenvalue weighted by atomic mass is 10.3. The smallest absolute Gasteiger partial charge is 0.409 e. The van der Waals surface area contributed by atoms with E-state index in [-0.39, 0.29) is 10.8 Å². The minimum atomic E-state index is -0.901. The van der Waals surface area contributed by atoms with Crippen molar-refractivity contribution in [1.82, 2.24) is 0 Å². The Hall–Kier alpha value is -1.42. The first-order chi connectivity index (χ1) is 5.59. The Kier molecular flexibility index (Phi) is 2.40. The number of rotatable bonds is 1. The molecule has 0 saturated heterocycles. The maximum atomic E-state index is 10.3. The van der Waals surface area contributed by atoms with Gasteiger partial charge in [0.2, 0.25) is 0 Å². The topological polar surface area (TPSA) is 78.3 Å². The summed E-state index contributed by atoms with van der Waals surface area (Å²) in [6, 6.07) is 4.51. The largest absolute Gasteiger partial charge is 0.410 e. The van der Waals surface area contributed by atoms with Crippen molar-refractivity contribution in [2.45, 2.75) is 0 Å². The van der Waals surface area contributed by atoms with Gasteiger partial charge in [-0.1, -0.05) is 11.6 Å². The van der Waals surface area contributed by atoms with Crippen LogP contribution in [0.5, 0.6) is 5.75 Å². The van der Waals surface area contributed by atoms with E-state index in [0.29, 0.717) is 5.69 Å². The standard InChI is InChI=1S/C7H7ClN2O2/c8-5-3-4(9)1-2-6(5)12-7(10)11/h1-3H,9H2,(H2,10,11). The minimum Gasteiger partial charge on any atom is -0.409 e. The van der Waals surface area contributed by atoms with E-state index >= 15 is 0 Å². The van der Waals surface area contributed by atoms with Crippen molar-refractivity contribution >= 4 is 23.4 Å². The van der Waals surface area contributed by atoms with Gasteiger partial charge in [0.15, 0.2) is 5.75 Å². The van der Waals surface area contributed by atoms with Gasteiger partial charge in [-0.15, -0.1) is 0 Å². The molecule has 4 N–H and O–H groups in total. The molecule has 0 heterocycles. The summed E-state index contributed by atoms with van der Waals surface area (Å²) in [5.74, 6) is 0.207. The second-order valence-corrected chi connectivity index (χ2v) is 2.52. The van der Waals surface area contributed by atoms with Gasteiger partial charge in [-0.05, 0) is 18.2 Å². The van der Waals surface area contributed by atoms with Crippen LogP contribution in [0.15, 0.2) is 18.2 Å². The SMILES string of the molecule is NC(=O)Oc1ccc(N)cc1Cl. The summed E-state index contributed by atoms with van der Waals surface area (Å²) < 4.78 is 4.55. The molecule has 4 nitrogen and oxygen atoms in total. The molecular formula is C7H7ClN2O2. The van der Waals surface area contributed by atoms with Crippen LogP contribution in [0.1, 0.15) is 0 Å². The van der Waals surface area contributed by atoms with E-state index in [2.05, 4.69) is 4.74 Å². The van der Waals surface area contributed by atoms with Crippen molar-refractivity contribution in [3.8, 4) is 5.75 Å². The zero-order valence-electron chi connectivity index (χ0n) is 6.08. The van der Waals surface area contributed by atoms with Crippen molar-refractivity contribution < 1.29 is 9.53 Å². The third-order valence-electron chi connectivity index (χ3n) is 1.17. The Bertz CT molecular complexity index is 314. The normalized spacial score (nSPS) is 9.42. The van der Waals surface area contributed by atoms with Crippen LogP contribution in [0.4, 0.5) is 10.5 Å². The van der Waals surface area contributed by atoms with Crippen LogP contribution in [-0.2, 0) is 0 Å². The number of amides is 1. The van der Waals surface area contributed by atoms with Crippen LogP contribution in [0.25, 0.3) is 0 Å². The molecule has 1 aromatic carbocycles. The van der Waals surface area contributed by atoms with Crippen LogP contribution < -0.4 is 16.2 Å². The van der Waals surface area contributed by atoms with Crippen molar-refractivity contribution in [3.63, 3.8) is 0 Å². The fraction of sp³-hybridized carbons (Fsp3) is 0. The number of nitrogen functional groups attached to an aromatic ring is 1. The van der Waals surface area contributed by atoms with E-state index in [0.717, 1.165) is 0 Å². The fourth-order valence-corrected chi connectivity index (χ4v) is 0.936. The molecule has 0 saturated carbocycles. The number of anilines is 1. The summed E-state index contributed by atoms with van der Waals surface area (Å²) in [4.78, 5) is 10.3. The van der Waals surface area contributed by atoms with E-state index in [1.807, 2.05) is 0 Å². The third-order valence-corrected chi connectivity index (χ3v) is 1.46. The van der Waals surface area contributed by atoms with Crippen LogP contribution in [0.3, 0.4) is 0 Å². The van der Waals surface area contributed by atoms with E-state index in [4.69, 9.17) is 23.1 Å². The van der Waals surface area contributed by atoms with Gasteiger partial charge in [0, 0.05) is 5.69 Å². The Morgan fingerprint density at radius 2 is 2.17 bits per heavy atom. The quantitative estimate of drug-likeness (QED) is 0.651. The van der Waals surface area contributed by atoms with Crippen LogP contribution in [-0.4, -0.2) is 6.09 Å². The molecule has 0 spiro atoms. The molecule has 1 amide bonds. The first-order valence-corrected chi connectivity index (χ1v) is 3.49. The van der Waals surface area contributed by atoms with Crippen molar-refractivity contribution in [1.29, 1.82) is 0 Å². The first-order valence-electron chi connectivity index (χ1n) is 3.12. The fourth-order valence-electron chi connectivity index (χ4n) is 0.708. The Balaban J connectivity index is 2.93. The number of carbonyl (C=O) groups excluding carboxylic acids is 1. The van der Waals surface area contributed by atoms with Gasteiger partial charge in [0.05, 0.1) is 5.02 Å². The van der Waals surface area contributed by atoms with Gasteiger partial charge in [-0.3, -0.25) is 0 Å². The average molecular weight is 187 g/mol. The Labute approximate surface area is 74.1 Å². The molecule has 0 aliphatic carbocycles. The molecule has 0 unspecified atom stereocenters. The molecular weight excluding hydrogens is 180 g/mol. The summed E-state index contributed by atoms with van der Waals surface area (Å²) in [6.07, 6.45) is -0.901. The maximum absolute atomic E-state index is 10.3. The van der Waals surface area contributed by atoms with E-state index < -0.39 is 6.09 Å². The minimum absolute atomic E-state index is 0.207. The molecule has 0 bridgehead atoms. The Morgan fingerprint density at radius 1 is 1.50 bits per heavy atom. The molecule has 0 aliphatic heterocycles. The predicted molar refractivity (Wildman–Crippen MR) is 46.1 cm³/mol. The lowest BCUT2D eigenvalue weighted by molar-refractivity contribution is 0.211. The summed E-state index contributed by atoms with van der Waals surface area (Å²) >= 11 is 5.66. The molecule has 0 fully saturated rings. The zero-order valence-corrected chi connectivity index (χ0v) is 6.84. The first kappa shape index (κ1) is 8.67. The number of hydrogen-bond donors (Lipinski definition) is 2. The van der Waals surface area contributed by atoms with Gasteiger partial charge in [0.25, 0.3) is 0 Å². The number of halogens is 1. The highest BCUT2D eigenvalue weighted by molar-refractivity contribution is 6.32. The molecule has 0 atom stereocenters. The number of carbonyl (C=O) groups is 1. The molecule has 12 heavy (non-hydrogen) atoms. The van der Waals surface area contributed by atoms with Gasteiger partial charge in [-0.2, -0.15) is 0 Å². The van der Waals surface area contributed by atoms with Crippen LogP contribution in [0, 0.1) is 0 Å². The zero-order chi connectivity index (χ0) is 9.14. The molecule has 1 rings (SSSR count). The number of benzene rings is 1. The van der Waals surface area contributed by atoms with E-state index in [1.54, 1.807) is 6.07 Å². The maximum Gasteiger partial charge on any atom is 0.410 e. The molecule has 0 aromatic heterocycles. The van der Waals surface area contributed by atoms with E-state index in [1.165, 1.54) is 12.1 Å². The van der Waals surface area contributed by atoms with Gasteiger partial charge < -0.3 is 16.2 Å². The van der Waals surface area contributed by atoms with E-state index in [9.17, 15) is 4.79 Å². The highest BCUT2D eigenvalue weighted by atomic mass is 35.5. The summed E-state index contributed by atoms with van der Waals surface area (Å²) in [7, 11) is 0. The molecule has 1 aromatic rings. The van der Waals surface area contributed by atoms with Gasteiger partial charge in [-0.25, -0.2) is 4.79 Å². The third kappa shape index (κ3) is 2.03. The number of nitrogens with two attached hydrogens (primary N) is 2. The highest BCUT2D eigenvalue weighted by Gasteiger charge is 2.03. The Morgan fingerprint density at radius 3 is 2.67 bits per heavy atom. The van der Waals surface area contributed by atoms with Crippen molar-refractivity contribution in [2.75, 3.05) is 5.73 Å². The molecule has 0 aliphatic rings. The summed E-state index contributed by atoms with van der Waals surface area (Å²) in [5.41, 5.74) is 10.7. The van der Waals surface area contributed by atoms with Crippen LogP contribution in [0.2, 0.25) is 5.02 Å². The summed E-state index contributed by atoms with van der Waals surface area (Å²) in [6.45, 7) is 0. The van der Waals surface area contributed by atoms with Gasteiger partial charge in [0.1, 0.15) is 0 Å². The monoisotopic (exact) mass is 186 g/mol. The molecule has 0 radical (unpaired) electrons. The molecule has 64 valence electrons. The second-order valence-electron chi connectivity index (χ2n) is 2.11. The van der Waals surface area contributed by atoms with Gasteiger partial charge >= 0.3 is 6.09 Å².